The Balaban J connectivity index is 0.00000400. The van der Waals surface area contributed by atoms with Gasteiger partial charge in [0, 0.05) is 6.54 Å². The number of unbranched alkanes of at least 4 members (excludes halogenated alkanes) is 3. The summed E-state index contributed by atoms with van der Waals surface area (Å²) in [5.41, 5.74) is 6.94. The zero-order valence-electron chi connectivity index (χ0n) is 13.1. The molecule has 1 aromatic carbocycles. The second-order valence-corrected chi connectivity index (χ2v) is 4.77. The number of hydrogen-bond donors (Lipinski definition) is 2. The van der Waals surface area contributed by atoms with E-state index in [2.05, 4.69) is 17.2 Å². The first-order valence-corrected chi connectivity index (χ1v) is 7.51. The Morgan fingerprint density at radius 3 is 2.76 bits per heavy atom. The van der Waals surface area contributed by atoms with Crippen molar-refractivity contribution in [1.82, 2.24) is 5.32 Å². The van der Waals surface area contributed by atoms with Crippen LogP contribution in [0.2, 0.25) is 0 Å². The average molecular weight is 405 g/mol. The lowest BCUT2D eigenvalue weighted by atomic mass is 10.2. The van der Waals surface area contributed by atoms with Crippen molar-refractivity contribution in [3.63, 3.8) is 0 Å². The van der Waals surface area contributed by atoms with Crippen LogP contribution < -0.4 is 15.8 Å². The Kier molecular flexibility index (Phi) is 12.1. The number of nitrogens with zero attached hydrogens (tertiary/aromatic N) is 1. The molecule has 0 radical (unpaired) electrons. The number of nitrogens with two attached hydrogens (primary N) is 1. The topological polar surface area (TPSA) is 59.6 Å². The molecular weight excluding hydrogens is 377 g/mol. The highest BCUT2D eigenvalue weighted by atomic mass is 127. The van der Waals surface area contributed by atoms with Crippen molar-refractivity contribution in [3.05, 3.63) is 29.8 Å². The fourth-order valence-electron chi connectivity index (χ4n) is 1.90. The lowest BCUT2D eigenvalue weighted by Crippen LogP contribution is -2.32. The molecule has 0 saturated heterocycles. The van der Waals surface area contributed by atoms with Gasteiger partial charge in [-0.05, 0) is 31.0 Å². The molecule has 5 heteroatoms. The first kappa shape index (κ1) is 20.0. The third kappa shape index (κ3) is 9.55. The second kappa shape index (κ2) is 12.7. The van der Waals surface area contributed by atoms with E-state index in [1.165, 1.54) is 19.3 Å². The zero-order chi connectivity index (χ0) is 14.6. The number of hydrogen-bond acceptors (Lipinski definition) is 2. The molecule has 1 rings (SSSR count). The van der Waals surface area contributed by atoms with Crippen molar-refractivity contribution < 1.29 is 4.74 Å². The third-order valence-electron chi connectivity index (χ3n) is 2.98. The van der Waals surface area contributed by atoms with Gasteiger partial charge in [0.25, 0.3) is 0 Å². The standard InChI is InChI=1S/C16H27N3O.HI/c1-3-5-6-7-11-18-16(17)19-13-14-9-8-10-15(12-14)20-4-2;/h8-10,12H,3-7,11,13H2,1-2H3,(H3,17,18,19);1H. The Bertz CT molecular complexity index is 410. The summed E-state index contributed by atoms with van der Waals surface area (Å²) in [7, 11) is 0. The maximum Gasteiger partial charge on any atom is 0.188 e. The van der Waals surface area contributed by atoms with Gasteiger partial charge >= 0.3 is 0 Å². The molecule has 0 aromatic heterocycles. The number of halogens is 1. The molecule has 0 atom stereocenters. The molecule has 0 fully saturated rings. The summed E-state index contributed by atoms with van der Waals surface area (Å²) < 4.78 is 5.46. The minimum atomic E-state index is 0. The van der Waals surface area contributed by atoms with Crippen LogP contribution in [0, 0.1) is 0 Å². The Hall–Kier alpha value is -0.980. The molecule has 4 nitrogen and oxygen atoms in total. The first-order valence-electron chi connectivity index (χ1n) is 7.51. The van der Waals surface area contributed by atoms with Crippen molar-refractivity contribution in [2.75, 3.05) is 13.2 Å². The maximum atomic E-state index is 5.84. The van der Waals surface area contributed by atoms with Gasteiger partial charge in [0.1, 0.15) is 5.75 Å². The number of aliphatic imine (C=N–C) groups is 1. The van der Waals surface area contributed by atoms with Gasteiger partial charge in [-0.1, -0.05) is 38.3 Å². The number of nitrogens with one attached hydrogen (secondary N) is 1. The van der Waals surface area contributed by atoms with E-state index < -0.39 is 0 Å². The fourth-order valence-corrected chi connectivity index (χ4v) is 1.90. The molecule has 21 heavy (non-hydrogen) atoms. The van der Waals surface area contributed by atoms with Gasteiger partial charge in [0.05, 0.1) is 13.2 Å². The zero-order valence-corrected chi connectivity index (χ0v) is 15.4. The van der Waals surface area contributed by atoms with Crippen LogP contribution in [0.25, 0.3) is 0 Å². The van der Waals surface area contributed by atoms with E-state index >= 15 is 0 Å². The van der Waals surface area contributed by atoms with Crippen LogP contribution >= 0.6 is 24.0 Å². The lowest BCUT2D eigenvalue weighted by molar-refractivity contribution is 0.340. The van der Waals surface area contributed by atoms with Crippen LogP contribution in [0.5, 0.6) is 5.75 Å². The summed E-state index contributed by atoms with van der Waals surface area (Å²) in [6.45, 7) is 6.34. The molecular formula is C16H28IN3O. The summed E-state index contributed by atoms with van der Waals surface area (Å²) in [6, 6.07) is 7.96. The number of rotatable bonds is 9. The van der Waals surface area contributed by atoms with E-state index in [1.807, 2.05) is 31.2 Å². The van der Waals surface area contributed by atoms with Gasteiger partial charge in [0.2, 0.25) is 0 Å². The van der Waals surface area contributed by atoms with Crippen LogP contribution in [0.3, 0.4) is 0 Å². The van der Waals surface area contributed by atoms with Crippen molar-refractivity contribution in [2.45, 2.75) is 46.1 Å². The van der Waals surface area contributed by atoms with E-state index in [9.17, 15) is 0 Å². The summed E-state index contributed by atoms with van der Waals surface area (Å²) in [5.74, 6) is 1.40. The van der Waals surface area contributed by atoms with E-state index in [0.717, 1.165) is 24.3 Å². The molecule has 3 N–H and O–H groups in total. The molecule has 0 saturated carbocycles. The maximum absolute atomic E-state index is 5.84. The highest BCUT2D eigenvalue weighted by Crippen LogP contribution is 2.13. The third-order valence-corrected chi connectivity index (χ3v) is 2.98. The van der Waals surface area contributed by atoms with E-state index in [0.29, 0.717) is 19.1 Å². The van der Waals surface area contributed by atoms with Gasteiger partial charge in [-0.25, -0.2) is 4.99 Å². The molecule has 1 aromatic rings. The van der Waals surface area contributed by atoms with Gasteiger partial charge in [-0.15, -0.1) is 24.0 Å². The number of guanidine groups is 1. The summed E-state index contributed by atoms with van der Waals surface area (Å²) in [4.78, 5) is 4.34. The van der Waals surface area contributed by atoms with Crippen molar-refractivity contribution in [2.24, 2.45) is 10.7 Å². The van der Waals surface area contributed by atoms with Crippen LogP contribution in [0.4, 0.5) is 0 Å². The minimum absolute atomic E-state index is 0. The van der Waals surface area contributed by atoms with Crippen LogP contribution in [0.1, 0.15) is 45.1 Å². The molecule has 0 aliphatic heterocycles. The van der Waals surface area contributed by atoms with Gasteiger partial charge in [0.15, 0.2) is 5.96 Å². The number of benzene rings is 1. The Morgan fingerprint density at radius 1 is 1.24 bits per heavy atom. The summed E-state index contributed by atoms with van der Waals surface area (Å²) in [6.07, 6.45) is 4.92. The van der Waals surface area contributed by atoms with Crippen LogP contribution in [-0.4, -0.2) is 19.1 Å². The van der Waals surface area contributed by atoms with Crippen LogP contribution in [0.15, 0.2) is 29.3 Å². The smallest absolute Gasteiger partial charge is 0.188 e. The molecule has 0 bridgehead atoms. The van der Waals surface area contributed by atoms with Gasteiger partial charge < -0.3 is 15.8 Å². The molecule has 0 heterocycles. The highest BCUT2D eigenvalue weighted by Gasteiger charge is 1.97. The monoisotopic (exact) mass is 405 g/mol. The van der Waals surface area contributed by atoms with Crippen molar-refractivity contribution in [3.8, 4) is 5.75 Å². The predicted octanol–water partition coefficient (Wildman–Crippen LogP) is 3.69. The summed E-state index contributed by atoms with van der Waals surface area (Å²) >= 11 is 0. The van der Waals surface area contributed by atoms with Gasteiger partial charge in [-0.2, -0.15) is 0 Å². The van der Waals surface area contributed by atoms with Crippen LogP contribution in [-0.2, 0) is 6.54 Å². The summed E-state index contributed by atoms with van der Waals surface area (Å²) in [5, 5.41) is 3.15. The van der Waals surface area contributed by atoms with Crippen molar-refractivity contribution in [1.29, 1.82) is 0 Å². The molecule has 0 aliphatic rings. The average Bonchev–Trinajstić information content (AvgIpc) is 2.46. The van der Waals surface area contributed by atoms with Gasteiger partial charge in [-0.3, -0.25) is 0 Å². The predicted molar refractivity (Wildman–Crippen MR) is 100 cm³/mol. The minimum Gasteiger partial charge on any atom is -0.494 e. The molecule has 0 aliphatic carbocycles. The highest BCUT2D eigenvalue weighted by molar-refractivity contribution is 14.0. The molecule has 0 unspecified atom stereocenters. The van der Waals surface area contributed by atoms with E-state index in [1.54, 1.807) is 0 Å². The largest absolute Gasteiger partial charge is 0.494 e. The molecule has 0 amide bonds. The van der Waals surface area contributed by atoms with Crippen molar-refractivity contribution >= 4 is 29.9 Å². The normalized spacial score (nSPS) is 10.9. The first-order chi connectivity index (χ1) is 9.76. The fraction of sp³-hybridized carbons (Fsp3) is 0.562. The van der Waals surface area contributed by atoms with E-state index in [-0.39, 0.29) is 24.0 Å². The quantitative estimate of drug-likeness (QED) is 0.285. The second-order valence-electron chi connectivity index (χ2n) is 4.77. The SMILES string of the molecule is CCCCCCNC(N)=NCc1cccc(OCC)c1.I. The Labute approximate surface area is 145 Å². The van der Waals surface area contributed by atoms with E-state index in [4.69, 9.17) is 10.5 Å². The molecule has 120 valence electrons. The Morgan fingerprint density at radius 2 is 2.05 bits per heavy atom. The molecule has 0 spiro atoms. The lowest BCUT2D eigenvalue weighted by Gasteiger charge is -2.06. The number of ether oxygens (including phenoxy) is 1.